The molecule has 2 heteroatoms. The van der Waals surface area contributed by atoms with Crippen LogP contribution < -0.4 is 5.32 Å². The Labute approximate surface area is 86.8 Å². The van der Waals surface area contributed by atoms with Crippen LogP contribution in [-0.4, -0.2) is 10.5 Å². The first-order chi connectivity index (χ1) is 6.38. The van der Waals surface area contributed by atoms with Gasteiger partial charge in [0.15, 0.2) is 0 Å². The van der Waals surface area contributed by atoms with Crippen LogP contribution in [0.15, 0.2) is 18.5 Å². The van der Waals surface area contributed by atoms with Gasteiger partial charge in [-0.2, -0.15) is 0 Å². The Morgan fingerprint density at radius 3 is 2.43 bits per heavy atom. The number of nitrogens with one attached hydrogen (secondary N) is 1. The molecule has 1 heterocycles. The molecule has 0 radical (unpaired) electrons. The number of pyridine rings is 1. The highest BCUT2D eigenvalue weighted by atomic mass is 15.0. The van der Waals surface area contributed by atoms with E-state index in [2.05, 4.69) is 51.0 Å². The number of nitrogens with zero attached hydrogens (tertiary/aromatic N) is 1. The molecule has 78 valence electrons. The second-order valence-corrected chi connectivity index (χ2v) is 4.91. The number of aryl methyl sites for hydroxylation is 1. The number of hydrogen-bond acceptors (Lipinski definition) is 2. The van der Waals surface area contributed by atoms with Crippen molar-refractivity contribution in [2.75, 3.05) is 0 Å². The van der Waals surface area contributed by atoms with Gasteiger partial charge in [0.1, 0.15) is 0 Å². The first kappa shape index (κ1) is 11.2. The third-order valence-electron chi connectivity index (χ3n) is 2.05. The molecule has 0 spiro atoms. The molecular weight excluding hydrogens is 172 g/mol. The van der Waals surface area contributed by atoms with Crippen LogP contribution in [0.5, 0.6) is 0 Å². The highest BCUT2D eigenvalue weighted by Crippen LogP contribution is 2.15. The lowest BCUT2D eigenvalue weighted by molar-refractivity contribution is 0.377. The molecular formula is C12H20N2. The number of aromatic nitrogens is 1. The molecule has 0 fully saturated rings. The lowest BCUT2D eigenvalue weighted by Gasteiger charge is -2.26. The smallest absolute Gasteiger partial charge is 0.0315 e. The van der Waals surface area contributed by atoms with Gasteiger partial charge in [0.25, 0.3) is 0 Å². The van der Waals surface area contributed by atoms with E-state index in [0.29, 0.717) is 6.04 Å². The maximum Gasteiger partial charge on any atom is 0.0315 e. The summed E-state index contributed by atoms with van der Waals surface area (Å²) in [5.41, 5.74) is 2.60. The minimum Gasteiger partial charge on any atom is -0.305 e. The van der Waals surface area contributed by atoms with Gasteiger partial charge in [-0.15, -0.1) is 0 Å². The average molecular weight is 192 g/mol. The Morgan fingerprint density at radius 2 is 1.93 bits per heavy atom. The maximum atomic E-state index is 4.20. The van der Waals surface area contributed by atoms with Gasteiger partial charge in [0.05, 0.1) is 0 Å². The highest BCUT2D eigenvalue weighted by molar-refractivity contribution is 5.19. The molecule has 1 N–H and O–H groups in total. The minimum absolute atomic E-state index is 0.142. The normalized spacial score (nSPS) is 14.1. The predicted octanol–water partition coefficient (Wildman–Crippen LogP) is 2.84. The molecule has 1 atom stereocenters. The fraction of sp³-hybridized carbons (Fsp3) is 0.583. The molecule has 0 aliphatic rings. The van der Waals surface area contributed by atoms with Crippen molar-refractivity contribution in [3.05, 3.63) is 29.6 Å². The van der Waals surface area contributed by atoms with E-state index >= 15 is 0 Å². The molecule has 1 rings (SSSR count). The van der Waals surface area contributed by atoms with Gasteiger partial charge in [-0.05, 0) is 45.7 Å². The standard InChI is InChI=1S/C12H20N2/c1-9-6-11(8-13-7-9)10(2)14-12(3,4)5/h6-8,10,14H,1-5H3. The summed E-state index contributed by atoms with van der Waals surface area (Å²) in [4.78, 5) is 4.20. The zero-order valence-corrected chi connectivity index (χ0v) is 9.76. The van der Waals surface area contributed by atoms with Crippen molar-refractivity contribution >= 4 is 0 Å². The van der Waals surface area contributed by atoms with Crippen LogP contribution in [0.25, 0.3) is 0 Å². The quantitative estimate of drug-likeness (QED) is 0.779. The van der Waals surface area contributed by atoms with E-state index < -0.39 is 0 Å². The lowest BCUT2D eigenvalue weighted by Crippen LogP contribution is -2.37. The Morgan fingerprint density at radius 1 is 1.29 bits per heavy atom. The second kappa shape index (κ2) is 4.09. The zero-order chi connectivity index (χ0) is 10.8. The SMILES string of the molecule is Cc1cncc(C(C)NC(C)(C)C)c1. The van der Waals surface area contributed by atoms with E-state index in [1.165, 1.54) is 11.1 Å². The highest BCUT2D eigenvalue weighted by Gasteiger charge is 2.14. The fourth-order valence-electron chi connectivity index (χ4n) is 1.55. The van der Waals surface area contributed by atoms with Gasteiger partial charge in [-0.3, -0.25) is 4.98 Å². The zero-order valence-electron chi connectivity index (χ0n) is 9.76. The molecule has 0 saturated carbocycles. The summed E-state index contributed by atoms with van der Waals surface area (Å²) in [6.07, 6.45) is 3.81. The molecule has 0 saturated heterocycles. The summed E-state index contributed by atoms with van der Waals surface area (Å²) in [5.74, 6) is 0. The van der Waals surface area contributed by atoms with Gasteiger partial charge in [-0.1, -0.05) is 6.07 Å². The molecule has 1 unspecified atom stereocenters. The number of hydrogen-bond donors (Lipinski definition) is 1. The summed E-state index contributed by atoms with van der Waals surface area (Å²) < 4.78 is 0. The van der Waals surface area contributed by atoms with Crippen LogP contribution >= 0.6 is 0 Å². The van der Waals surface area contributed by atoms with E-state index in [-0.39, 0.29) is 5.54 Å². The summed E-state index contributed by atoms with van der Waals surface area (Å²) in [5, 5.41) is 3.52. The molecule has 0 aliphatic carbocycles. The summed E-state index contributed by atoms with van der Waals surface area (Å²) in [7, 11) is 0. The fourth-order valence-corrected chi connectivity index (χ4v) is 1.55. The first-order valence-corrected chi connectivity index (χ1v) is 5.08. The second-order valence-electron chi connectivity index (χ2n) is 4.91. The van der Waals surface area contributed by atoms with Crippen molar-refractivity contribution < 1.29 is 0 Å². The van der Waals surface area contributed by atoms with Crippen LogP contribution in [0.4, 0.5) is 0 Å². The van der Waals surface area contributed by atoms with Crippen LogP contribution in [0.1, 0.15) is 44.9 Å². The van der Waals surface area contributed by atoms with E-state index in [9.17, 15) is 0 Å². The summed E-state index contributed by atoms with van der Waals surface area (Å²) in [6.45, 7) is 10.8. The minimum atomic E-state index is 0.142. The van der Waals surface area contributed by atoms with E-state index in [4.69, 9.17) is 0 Å². The molecule has 0 aliphatic heterocycles. The van der Waals surface area contributed by atoms with Crippen LogP contribution in [0, 0.1) is 6.92 Å². The molecule has 2 nitrogen and oxygen atoms in total. The largest absolute Gasteiger partial charge is 0.305 e. The van der Waals surface area contributed by atoms with Gasteiger partial charge in [0, 0.05) is 24.0 Å². The third-order valence-corrected chi connectivity index (χ3v) is 2.05. The maximum absolute atomic E-state index is 4.20. The molecule has 14 heavy (non-hydrogen) atoms. The summed E-state index contributed by atoms with van der Waals surface area (Å²) in [6, 6.07) is 2.53. The molecule has 0 amide bonds. The predicted molar refractivity (Wildman–Crippen MR) is 60.3 cm³/mol. The Hall–Kier alpha value is -0.890. The van der Waals surface area contributed by atoms with Gasteiger partial charge >= 0.3 is 0 Å². The molecule has 1 aromatic heterocycles. The Kier molecular flexibility index (Phi) is 3.27. The monoisotopic (exact) mass is 192 g/mol. The van der Waals surface area contributed by atoms with Gasteiger partial charge in [-0.25, -0.2) is 0 Å². The molecule has 0 aromatic carbocycles. The van der Waals surface area contributed by atoms with Crippen LogP contribution in [-0.2, 0) is 0 Å². The average Bonchev–Trinajstić information content (AvgIpc) is 2.01. The van der Waals surface area contributed by atoms with Crippen molar-refractivity contribution in [1.82, 2.24) is 10.3 Å². The van der Waals surface area contributed by atoms with Gasteiger partial charge < -0.3 is 5.32 Å². The van der Waals surface area contributed by atoms with E-state index in [1.807, 2.05) is 12.4 Å². The van der Waals surface area contributed by atoms with Crippen LogP contribution in [0.3, 0.4) is 0 Å². The van der Waals surface area contributed by atoms with Crippen molar-refractivity contribution in [3.8, 4) is 0 Å². The third kappa shape index (κ3) is 3.46. The van der Waals surface area contributed by atoms with Crippen molar-refractivity contribution in [1.29, 1.82) is 0 Å². The summed E-state index contributed by atoms with van der Waals surface area (Å²) >= 11 is 0. The lowest BCUT2D eigenvalue weighted by atomic mass is 10.0. The van der Waals surface area contributed by atoms with E-state index in [1.54, 1.807) is 0 Å². The molecule has 1 aromatic rings. The van der Waals surface area contributed by atoms with Crippen molar-refractivity contribution in [2.24, 2.45) is 0 Å². The Balaban J connectivity index is 2.74. The van der Waals surface area contributed by atoms with Crippen LogP contribution in [0.2, 0.25) is 0 Å². The van der Waals surface area contributed by atoms with Crippen molar-refractivity contribution in [2.45, 2.75) is 46.2 Å². The van der Waals surface area contributed by atoms with Gasteiger partial charge in [0.2, 0.25) is 0 Å². The number of rotatable bonds is 2. The first-order valence-electron chi connectivity index (χ1n) is 5.08. The molecule has 0 bridgehead atoms. The topological polar surface area (TPSA) is 24.9 Å². The van der Waals surface area contributed by atoms with E-state index in [0.717, 1.165) is 0 Å². The Bertz CT molecular complexity index is 299. The van der Waals surface area contributed by atoms with Crippen molar-refractivity contribution in [3.63, 3.8) is 0 Å².